The van der Waals surface area contributed by atoms with Gasteiger partial charge in [0.05, 0.1) is 0 Å². The summed E-state index contributed by atoms with van der Waals surface area (Å²) in [6.45, 7) is 0. The maximum atomic E-state index is 10.3. The minimum absolute atomic E-state index is 0.313. The van der Waals surface area contributed by atoms with Crippen molar-refractivity contribution in [3.8, 4) is 0 Å². The van der Waals surface area contributed by atoms with Crippen molar-refractivity contribution in [1.82, 2.24) is 10.2 Å². The number of carboxylic acids is 1. The molecule has 0 spiro atoms. The molecule has 11 heavy (non-hydrogen) atoms. The van der Waals surface area contributed by atoms with E-state index in [2.05, 4.69) is 10.2 Å². The molecule has 1 aromatic rings. The molecule has 5 nitrogen and oxygen atoms in total. The maximum absolute atomic E-state index is 10.3. The van der Waals surface area contributed by atoms with Gasteiger partial charge in [-0.25, -0.2) is 4.79 Å². The fourth-order valence-electron chi connectivity index (χ4n) is 0.816. The van der Waals surface area contributed by atoms with Crippen LogP contribution in [0.4, 0.5) is 0 Å². The lowest BCUT2D eigenvalue weighted by molar-refractivity contribution is 0.0651. The lowest BCUT2D eigenvalue weighted by atomic mass is 10.4. The van der Waals surface area contributed by atoms with Crippen LogP contribution < -0.4 is 0 Å². The molecule has 0 saturated heterocycles. The van der Waals surface area contributed by atoms with E-state index >= 15 is 0 Å². The Labute approximate surface area is 62.0 Å². The highest BCUT2D eigenvalue weighted by atomic mass is 16.4. The third-order valence-electron chi connectivity index (χ3n) is 1.55. The summed E-state index contributed by atoms with van der Waals surface area (Å²) in [6.07, 6.45) is 2.06. The standard InChI is InChI=1S/C6H6N2O3/c9-6(10)5-8-7-4(11-5)3-1-2-3/h3H,1-2H2,(H,9,10). The largest absolute Gasteiger partial charge is 0.474 e. The SMILES string of the molecule is O=C(O)c1nnc(C2CC2)o1. The van der Waals surface area contributed by atoms with E-state index in [0.717, 1.165) is 12.8 Å². The first-order valence-corrected chi connectivity index (χ1v) is 3.34. The van der Waals surface area contributed by atoms with Gasteiger partial charge in [-0.15, -0.1) is 10.2 Å². The molecule has 1 aliphatic rings. The van der Waals surface area contributed by atoms with Crippen LogP contribution in [0.1, 0.15) is 35.3 Å². The van der Waals surface area contributed by atoms with Crippen LogP contribution in [0.25, 0.3) is 0 Å². The third-order valence-corrected chi connectivity index (χ3v) is 1.55. The van der Waals surface area contributed by atoms with Crippen molar-refractivity contribution in [3.05, 3.63) is 11.8 Å². The second kappa shape index (κ2) is 2.05. The smallest absolute Gasteiger partial charge is 0.393 e. The Morgan fingerprint density at radius 2 is 2.27 bits per heavy atom. The number of hydrogen-bond acceptors (Lipinski definition) is 4. The van der Waals surface area contributed by atoms with Crippen LogP contribution in [-0.2, 0) is 0 Å². The number of aromatic nitrogens is 2. The van der Waals surface area contributed by atoms with Crippen molar-refractivity contribution in [2.24, 2.45) is 0 Å². The molecule has 0 amide bonds. The molecule has 1 aromatic heterocycles. The van der Waals surface area contributed by atoms with Gasteiger partial charge in [0.25, 0.3) is 0 Å². The normalized spacial score (nSPS) is 16.7. The van der Waals surface area contributed by atoms with E-state index in [1.165, 1.54) is 0 Å². The van der Waals surface area contributed by atoms with Gasteiger partial charge in [0.1, 0.15) is 0 Å². The Bertz CT molecular complexity index is 290. The number of nitrogens with zero attached hydrogens (tertiary/aromatic N) is 2. The molecule has 5 heteroatoms. The van der Waals surface area contributed by atoms with Crippen LogP contribution in [0.5, 0.6) is 0 Å². The fraction of sp³-hybridized carbons (Fsp3) is 0.500. The Balaban J connectivity index is 2.25. The predicted molar refractivity (Wildman–Crippen MR) is 33.2 cm³/mol. The lowest BCUT2D eigenvalue weighted by Gasteiger charge is -1.82. The molecule has 1 N–H and O–H groups in total. The minimum Gasteiger partial charge on any atom is -0.474 e. The second-order valence-electron chi connectivity index (χ2n) is 2.52. The molecule has 1 aliphatic carbocycles. The Morgan fingerprint density at radius 3 is 2.73 bits per heavy atom. The zero-order valence-corrected chi connectivity index (χ0v) is 5.65. The molecule has 0 aliphatic heterocycles. The molecule has 2 rings (SSSR count). The molecule has 0 atom stereocenters. The third kappa shape index (κ3) is 1.09. The Morgan fingerprint density at radius 1 is 1.55 bits per heavy atom. The fourth-order valence-corrected chi connectivity index (χ4v) is 0.816. The van der Waals surface area contributed by atoms with Crippen molar-refractivity contribution in [2.45, 2.75) is 18.8 Å². The number of carboxylic acid groups (broad SMARTS) is 1. The van der Waals surface area contributed by atoms with E-state index < -0.39 is 5.97 Å². The van der Waals surface area contributed by atoms with Gasteiger partial charge in [-0.3, -0.25) is 0 Å². The second-order valence-corrected chi connectivity index (χ2v) is 2.52. The van der Waals surface area contributed by atoms with E-state index in [0.29, 0.717) is 11.8 Å². The summed E-state index contributed by atoms with van der Waals surface area (Å²) in [6, 6.07) is 0. The topological polar surface area (TPSA) is 76.2 Å². The van der Waals surface area contributed by atoms with Gasteiger partial charge in [0.2, 0.25) is 5.89 Å². The highest BCUT2D eigenvalue weighted by molar-refractivity contribution is 5.81. The first-order chi connectivity index (χ1) is 5.27. The van der Waals surface area contributed by atoms with Crippen molar-refractivity contribution < 1.29 is 14.3 Å². The summed E-state index contributed by atoms with van der Waals surface area (Å²) in [7, 11) is 0. The number of rotatable bonds is 2. The predicted octanol–water partition coefficient (Wildman–Crippen LogP) is 0.645. The van der Waals surface area contributed by atoms with Gasteiger partial charge in [0.15, 0.2) is 0 Å². The number of carbonyl (C=O) groups is 1. The molecule has 0 radical (unpaired) electrons. The summed E-state index contributed by atoms with van der Waals surface area (Å²) < 4.78 is 4.85. The first-order valence-electron chi connectivity index (χ1n) is 3.34. The summed E-state index contributed by atoms with van der Waals surface area (Å²) >= 11 is 0. The van der Waals surface area contributed by atoms with E-state index in [1.54, 1.807) is 0 Å². The van der Waals surface area contributed by atoms with Crippen LogP contribution in [0, 0.1) is 0 Å². The van der Waals surface area contributed by atoms with Crippen molar-refractivity contribution in [2.75, 3.05) is 0 Å². The van der Waals surface area contributed by atoms with Gasteiger partial charge in [-0.1, -0.05) is 0 Å². The summed E-state index contributed by atoms with van der Waals surface area (Å²) in [5.74, 6) is -0.700. The molecule has 0 unspecified atom stereocenters. The van der Waals surface area contributed by atoms with Crippen molar-refractivity contribution >= 4 is 5.97 Å². The molecule has 1 saturated carbocycles. The van der Waals surface area contributed by atoms with Gasteiger partial charge < -0.3 is 9.52 Å². The Kier molecular flexibility index (Phi) is 1.18. The van der Waals surface area contributed by atoms with Gasteiger partial charge in [-0.05, 0) is 12.8 Å². The number of aromatic carboxylic acids is 1. The van der Waals surface area contributed by atoms with Crippen LogP contribution >= 0.6 is 0 Å². The molecule has 0 aromatic carbocycles. The van der Waals surface area contributed by atoms with E-state index in [9.17, 15) is 4.79 Å². The minimum atomic E-state index is -1.16. The van der Waals surface area contributed by atoms with E-state index in [1.807, 2.05) is 0 Å². The quantitative estimate of drug-likeness (QED) is 0.676. The Hall–Kier alpha value is -1.39. The highest BCUT2D eigenvalue weighted by Gasteiger charge is 2.30. The van der Waals surface area contributed by atoms with Gasteiger partial charge in [0, 0.05) is 5.92 Å². The monoisotopic (exact) mass is 154 g/mol. The molecular formula is C6H6N2O3. The zero-order valence-electron chi connectivity index (χ0n) is 5.65. The highest BCUT2D eigenvalue weighted by Crippen LogP contribution is 2.38. The van der Waals surface area contributed by atoms with Crippen LogP contribution in [0.2, 0.25) is 0 Å². The first kappa shape index (κ1) is 6.33. The van der Waals surface area contributed by atoms with E-state index in [-0.39, 0.29) is 5.89 Å². The summed E-state index contributed by atoms with van der Waals surface area (Å²) in [5, 5.41) is 15.4. The van der Waals surface area contributed by atoms with Gasteiger partial charge in [-0.2, -0.15) is 0 Å². The van der Waals surface area contributed by atoms with Crippen LogP contribution in [-0.4, -0.2) is 21.3 Å². The number of hydrogen-bond donors (Lipinski definition) is 1. The maximum Gasteiger partial charge on any atom is 0.393 e. The average Bonchev–Trinajstić information content (AvgIpc) is 2.68. The van der Waals surface area contributed by atoms with Crippen LogP contribution in [0.3, 0.4) is 0 Å². The molecule has 58 valence electrons. The van der Waals surface area contributed by atoms with Crippen LogP contribution in [0.15, 0.2) is 4.42 Å². The van der Waals surface area contributed by atoms with Crippen molar-refractivity contribution in [1.29, 1.82) is 0 Å². The summed E-state index contributed by atoms with van der Waals surface area (Å²) in [5.41, 5.74) is 0. The molecule has 1 heterocycles. The summed E-state index contributed by atoms with van der Waals surface area (Å²) in [4.78, 5) is 10.3. The van der Waals surface area contributed by atoms with Gasteiger partial charge >= 0.3 is 11.9 Å². The van der Waals surface area contributed by atoms with E-state index in [4.69, 9.17) is 9.52 Å². The molecule has 0 bridgehead atoms. The molecule has 1 fully saturated rings. The zero-order chi connectivity index (χ0) is 7.84. The average molecular weight is 154 g/mol. The molecular weight excluding hydrogens is 148 g/mol. The van der Waals surface area contributed by atoms with Crippen molar-refractivity contribution in [3.63, 3.8) is 0 Å². The lowest BCUT2D eigenvalue weighted by Crippen LogP contribution is -1.95.